The van der Waals surface area contributed by atoms with Crippen molar-refractivity contribution in [2.45, 2.75) is 39.9 Å². The fourth-order valence-corrected chi connectivity index (χ4v) is 3.95. The van der Waals surface area contributed by atoms with Crippen molar-refractivity contribution < 1.29 is 22.0 Å². The van der Waals surface area contributed by atoms with Crippen molar-refractivity contribution in [3.05, 3.63) is 0 Å². The van der Waals surface area contributed by atoms with Gasteiger partial charge in [0.1, 0.15) is 0 Å². The van der Waals surface area contributed by atoms with E-state index < -0.39 is 30.0 Å². The highest BCUT2D eigenvalue weighted by molar-refractivity contribution is 7.94. The Bertz CT molecular complexity index is 323. The van der Waals surface area contributed by atoms with Crippen molar-refractivity contribution in [3.63, 3.8) is 0 Å². The molecule has 15 heavy (non-hydrogen) atoms. The van der Waals surface area contributed by atoms with Crippen molar-refractivity contribution in [2.75, 3.05) is 6.26 Å². The summed E-state index contributed by atoms with van der Waals surface area (Å²) in [4.78, 5) is 0. The summed E-state index contributed by atoms with van der Waals surface area (Å²) in [5, 5.41) is 0. The summed E-state index contributed by atoms with van der Waals surface area (Å²) >= 11 is 0. The molecule has 0 amide bonds. The Morgan fingerprint density at radius 2 is 1.40 bits per heavy atom. The van der Waals surface area contributed by atoms with E-state index in [0.717, 1.165) is 6.26 Å². The third kappa shape index (κ3) is 7.93. The summed E-state index contributed by atoms with van der Waals surface area (Å²) < 4.78 is 45.7. The van der Waals surface area contributed by atoms with Crippen LogP contribution in [0.2, 0.25) is 0 Å². The van der Waals surface area contributed by atoms with E-state index in [1.54, 1.807) is 27.7 Å². The Kier molecular flexibility index (Phi) is 5.43. The normalized spacial score (nSPS) is 13.8. The molecular formula is C7H18NO5PS. The molecule has 0 aromatic rings. The number of rotatable bonds is 6. The lowest BCUT2D eigenvalue weighted by molar-refractivity contribution is 0.140. The third-order valence-electron chi connectivity index (χ3n) is 0.977. The number of nitrogens with one attached hydrogen (secondary N) is 1. The van der Waals surface area contributed by atoms with E-state index in [2.05, 4.69) is 0 Å². The topological polar surface area (TPSA) is 81.7 Å². The molecule has 0 spiro atoms. The fourth-order valence-electron chi connectivity index (χ4n) is 0.826. The average Bonchev–Trinajstić information content (AvgIpc) is 1.73. The monoisotopic (exact) mass is 259 g/mol. The molecule has 0 saturated heterocycles. The van der Waals surface area contributed by atoms with Crippen molar-refractivity contribution in [1.82, 2.24) is 4.49 Å². The zero-order valence-electron chi connectivity index (χ0n) is 9.55. The molecule has 0 rings (SSSR count). The first-order valence-corrected chi connectivity index (χ1v) is 7.93. The van der Waals surface area contributed by atoms with Crippen LogP contribution in [-0.2, 0) is 23.6 Å². The van der Waals surface area contributed by atoms with E-state index in [1.807, 2.05) is 4.49 Å². The van der Waals surface area contributed by atoms with E-state index in [1.165, 1.54) is 0 Å². The second-order valence-corrected chi connectivity index (χ2v) is 7.36. The molecule has 8 heteroatoms. The molecular weight excluding hydrogens is 241 g/mol. The van der Waals surface area contributed by atoms with Gasteiger partial charge >= 0.3 is 7.75 Å². The van der Waals surface area contributed by atoms with Gasteiger partial charge < -0.3 is 0 Å². The van der Waals surface area contributed by atoms with E-state index in [9.17, 15) is 13.0 Å². The number of sulfonamides is 1. The minimum absolute atomic E-state index is 0.399. The van der Waals surface area contributed by atoms with Gasteiger partial charge in [0, 0.05) is 0 Å². The van der Waals surface area contributed by atoms with Crippen molar-refractivity contribution >= 4 is 17.8 Å². The molecule has 0 bridgehead atoms. The van der Waals surface area contributed by atoms with Gasteiger partial charge in [0.25, 0.3) is 0 Å². The van der Waals surface area contributed by atoms with Crippen LogP contribution in [0.4, 0.5) is 0 Å². The van der Waals surface area contributed by atoms with Gasteiger partial charge in [0.15, 0.2) is 0 Å². The van der Waals surface area contributed by atoms with Crippen LogP contribution >= 0.6 is 7.75 Å². The zero-order valence-corrected chi connectivity index (χ0v) is 11.3. The first-order valence-electron chi connectivity index (χ1n) is 4.50. The van der Waals surface area contributed by atoms with Crippen LogP contribution in [0.1, 0.15) is 27.7 Å². The Hall–Kier alpha value is 0.0600. The van der Waals surface area contributed by atoms with Crippen LogP contribution in [0.15, 0.2) is 0 Å². The molecule has 0 atom stereocenters. The molecule has 0 aliphatic heterocycles. The predicted molar refractivity (Wildman–Crippen MR) is 58.0 cm³/mol. The second kappa shape index (κ2) is 5.41. The summed E-state index contributed by atoms with van der Waals surface area (Å²) in [6.45, 7) is 6.56. The van der Waals surface area contributed by atoms with Crippen LogP contribution < -0.4 is 4.49 Å². The molecule has 0 aromatic heterocycles. The Labute approximate surface area is 91.0 Å². The quantitative estimate of drug-likeness (QED) is 0.731. The van der Waals surface area contributed by atoms with Gasteiger partial charge in [-0.1, -0.05) is 0 Å². The molecule has 92 valence electrons. The molecule has 0 fully saturated rings. The van der Waals surface area contributed by atoms with Crippen LogP contribution in [0.3, 0.4) is 0 Å². The SMILES string of the molecule is CC(C)OP(=O)(NS(C)(=O)=O)OC(C)C. The van der Waals surface area contributed by atoms with Gasteiger partial charge in [-0.25, -0.2) is 13.0 Å². The van der Waals surface area contributed by atoms with Gasteiger partial charge in [0.2, 0.25) is 10.0 Å². The maximum absolute atomic E-state index is 11.9. The minimum atomic E-state index is -3.79. The lowest BCUT2D eigenvalue weighted by atomic mass is 10.5. The average molecular weight is 259 g/mol. The summed E-state index contributed by atoms with van der Waals surface area (Å²) in [5.41, 5.74) is 0. The standard InChI is InChI=1S/C7H18NO5PS/c1-6(2)12-14(9,13-7(3)4)8-15(5,10)11/h6-7H,1-5H3,(H,8,9). The smallest absolute Gasteiger partial charge is 0.293 e. The lowest BCUT2D eigenvalue weighted by Crippen LogP contribution is -2.24. The molecule has 0 heterocycles. The van der Waals surface area contributed by atoms with E-state index >= 15 is 0 Å². The summed E-state index contributed by atoms with van der Waals surface area (Å²) in [7, 11) is -7.43. The van der Waals surface area contributed by atoms with Crippen LogP contribution in [0.25, 0.3) is 0 Å². The molecule has 0 aliphatic rings. The highest BCUT2D eigenvalue weighted by Crippen LogP contribution is 2.46. The van der Waals surface area contributed by atoms with Crippen LogP contribution in [0, 0.1) is 0 Å². The molecule has 1 N–H and O–H groups in total. The Balaban J connectivity index is 4.79. The zero-order chi connectivity index (χ0) is 12.3. The summed E-state index contributed by atoms with van der Waals surface area (Å²) in [6, 6.07) is 0. The predicted octanol–water partition coefficient (Wildman–Crippen LogP) is 1.49. The third-order valence-corrected chi connectivity index (χ3v) is 4.60. The largest absolute Gasteiger partial charge is 0.419 e. The maximum Gasteiger partial charge on any atom is 0.419 e. The highest BCUT2D eigenvalue weighted by Gasteiger charge is 2.31. The molecule has 0 radical (unpaired) electrons. The Morgan fingerprint density at radius 1 is 1.07 bits per heavy atom. The van der Waals surface area contributed by atoms with E-state index in [4.69, 9.17) is 9.05 Å². The number of hydrogen-bond acceptors (Lipinski definition) is 5. The van der Waals surface area contributed by atoms with E-state index in [0.29, 0.717) is 0 Å². The Morgan fingerprint density at radius 3 is 1.60 bits per heavy atom. The van der Waals surface area contributed by atoms with Gasteiger partial charge in [0.05, 0.1) is 18.5 Å². The molecule has 6 nitrogen and oxygen atoms in total. The van der Waals surface area contributed by atoms with Gasteiger partial charge in [-0.3, -0.25) is 9.05 Å². The maximum atomic E-state index is 11.9. The van der Waals surface area contributed by atoms with Crippen molar-refractivity contribution in [2.24, 2.45) is 0 Å². The number of hydrogen-bond donors (Lipinski definition) is 1. The molecule has 0 aromatic carbocycles. The molecule has 0 unspecified atom stereocenters. The summed E-state index contributed by atoms with van der Waals surface area (Å²) in [5.74, 6) is 0. The van der Waals surface area contributed by atoms with Gasteiger partial charge in [-0.05, 0) is 27.7 Å². The highest BCUT2D eigenvalue weighted by atomic mass is 32.2. The first-order chi connectivity index (χ1) is 6.54. The second-order valence-electron chi connectivity index (χ2n) is 3.67. The van der Waals surface area contributed by atoms with Gasteiger partial charge in [-0.15, -0.1) is 4.49 Å². The van der Waals surface area contributed by atoms with Crippen LogP contribution in [0.5, 0.6) is 0 Å². The lowest BCUT2D eigenvalue weighted by Gasteiger charge is -2.21. The van der Waals surface area contributed by atoms with E-state index in [-0.39, 0.29) is 0 Å². The van der Waals surface area contributed by atoms with Crippen molar-refractivity contribution in [3.8, 4) is 0 Å². The van der Waals surface area contributed by atoms with Crippen molar-refractivity contribution in [1.29, 1.82) is 0 Å². The summed E-state index contributed by atoms with van der Waals surface area (Å²) in [6.07, 6.45) is 0.0974. The fraction of sp³-hybridized carbons (Fsp3) is 1.00. The molecule has 0 aliphatic carbocycles. The first kappa shape index (κ1) is 15.1. The minimum Gasteiger partial charge on any atom is -0.293 e. The van der Waals surface area contributed by atoms with Gasteiger partial charge in [-0.2, -0.15) is 0 Å². The van der Waals surface area contributed by atoms with Crippen LogP contribution in [-0.4, -0.2) is 26.9 Å². The molecule has 0 saturated carbocycles.